The standard InChI is InChI=1S/C22H28N2O2/c1-15(2)19-6-8-20(9-7-19)23-22(26)10-11-24(18(5)25)21-13-16(3)12-17(4)14-21/h6-9,12-15H,10-11H2,1-5H3,(H,23,26). The number of carbonyl (C=O) groups excluding carboxylic acids is 2. The van der Waals surface area contributed by atoms with E-state index in [9.17, 15) is 9.59 Å². The van der Waals surface area contributed by atoms with Gasteiger partial charge < -0.3 is 10.2 Å². The molecule has 0 aliphatic heterocycles. The molecule has 2 amide bonds. The molecule has 2 rings (SSSR count). The maximum Gasteiger partial charge on any atom is 0.226 e. The fraction of sp³-hybridized carbons (Fsp3) is 0.364. The quantitative estimate of drug-likeness (QED) is 0.811. The lowest BCUT2D eigenvalue weighted by Gasteiger charge is -2.22. The first-order valence-corrected chi connectivity index (χ1v) is 9.02. The third-order valence-corrected chi connectivity index (χ3v) is 4.32. The van der Waals surface area contributed by atoms with Crippen LogP contribution in [-0.2, 0) is 9.59 Å². The van der Waals surface area contributed by atoms with Crippen molar-refractivity contribution in [2.45, 2.75) is 47.0 Å². The van der Waals surface area contributed by atoms with Crippen molar-refractivity contribution in [1.29, 1.82) is 0 Å². The van der Waals surface area contributed by atoms with Gasteiger partial charge in [0.15, 0.2) is 0 Å². The Kier molecular flexibility index (Phi) is 6.56. The van der Waals surface area contributed by atoms with E-state index in [4.69, 9.17) is 0 Å². The fourth-order valence-electron chi connectivity index (χ4n) is 2.96. The van der Waals surface area contributed by atoms with E-state index in [1.54, 1.807) is 4.90 Å². The molecule has 0 aliphatic rings. The van der Waals surface area contributed by atoms with Crippen molar-refractivity contribution in [3.05, 3.63) is 59.2 Å². The normalized spacial score (nSPS) is 10.7. The molecule has 0 radical (unpaired) electrons. The van der Waals surface area contributed by atoms with Gasteiger partial charge in [-0.25, -0.2) is 0 Å². The number of anilines is 2. The van der Waals surface area contributed by atoms with Crippen LogP contribution in [0.2, 0.25) is 0 Å². The van der Waals surface area contributed by atoms with Crippen LogP contribution in [-0.4, -0.2) is 18.4 Å². The predicted molar refractivity (Wildman–Crippen MR) is 108 cm³/mol. The lowest BCUT2D eigenvalue weighted by molar-refractivity contribution is -0.117. The molecule has 138 valence electrons. The Balaban J connectivity index is 2.00. The number of benzene rings is 2. The summed E-state index contributed by atoms with van der Waals surface area (Å²) >= 11 is 0. The number of aryl methyl sites for hydroxylation is 2. The van der Waals surface area contributed by atoms with E-state index in [0.717, 1.165) is 22.5 Å². The second-order valence-corrected chi connectivity index (χ2v) is 7.09. The SMILES string of the molecule is CC(=O)N(CCC(=O)Nc1ccc(C(C)C)cc1)c1cc(C)cc(C)c1. The van der Waals surface area contributed by atoms with Crippen LogP contribution in [0.15, 0.2) is 42.5 Å². The molecule has 0 saturated carbocycles. The van der Waals surface area contributed by atoms with E-state index in [1.807, 2.05) is 50.2 Å². The molecule has 0 spiro atoms. The molecule has 2 aromatic carbocycles. The first-order valence-electron chi connectivity index (χ1n) is 9.02. The second kappa shape index (κ2) is 8.65. The zero-order chi connectivity index (χ0) is 19.3. The molecule has 4 nitrogen and oxygen atoms in total. The zero-order valence-electron chi connectivity index (χ0n) is 16.3. The molecule has 0 fully saturated rings. The van der Waals surface area contributed by atoms with Crippen LogP contribution in [0.3, 0.4) is 0 Å². The van der Waals surface area contributed by atoms with Crippen molar-refractivity contribution >= 4 is 23.2 Å². The van der Waals surface area contributed by atoms with Crippen LogP contribution in [0.25, 0.3) is 0 Å². The van der Waals surface area contributed by atoms with Gasteiger partial charge in [-0.2, -0.15) is 0 Å². The number of nitrogens with one attached hydrogen (secondary N) is 1. The summed E-state index contributed by atoms with van der Waals surface area (Å²) < 4.78 is 0. The van der Waals surface area contributed by atoms with Crippen LogP contribution in [0, 0.1) is 13.8 Å². The third-order valence-electron chi connectivity index (χ3n) is 4.32. The summed E-state index contributed by atoms with van der Waals surface area (Å²) in [6.07, 6.45) is 0.249. The van der Waals surface area contributed by atoms with Gasteiger partial charge in [0.05, 0.1) is 0 Å². The Labute approximate surface area is 156 Å². The van der Waals surface area contributed by atoms with Gasteiger partial charge in [-0.1, -0.05) is 32.0 Å². The fourth-order valence-corrected chi connectivity index (χ4v) is 2.96. The predicted octanol–water partition coefficient (Wildman–Crippen LogP) is 4.81. The number of rotatable bonds is 6. The molecule has 0 unspecified atom stereocenters. The Hall–Kier alpha value is -2.62. The summed E-state index contributed by atoms with van der Waals surface area (Å²) in [6.45, 7) is 10.2. The summed E-state index contributed by atoms with van der Waals surface area (Å²) in [7, 11) is 0. The number of nitrogens with zero attached hydrogens (tertiary/aromatic N) is 1. The maximum atomic E-state index is 12.3. The van der Waals surface area contributed by atoms with E-state index in [1.165, 1.54) is 12.5 Å². The van der Waals surface area contributed by atoms with Crippen molar-refractivity contribution in [2.24, 2.45) is 0 Å². The van der Waals surface area contributed by atoms with Gasteiger partial charge in [0.1, 0.15) is 0 Å². The van der Waals surface area contributed by atoms with Crippen molar-refractivity contribution in [1.82, 2.24) is 0 Å². The lowest BCUT2D eigenvalue weighted by Crippen LogP contribution is -2.32. The summed E-state index contributed by atoms with van der Waals surface area (Å²) in [4.78, 5) is 26.0. The minimum absolute atomic E-state index is 0.0657. The van der Waals surface area contributed by atoms with Crippen molar-refractivity contribution in [3.63, 3.8) is 0 Å². The molecule has 0 saturated heterocycles. The number of hydrogen-bond donors (Lipinski definition) is 1. The van der Waals surface area contributed by atoms with E-state index in [0.29, 0.717) is 12.5 Å². The topological polar surface area (TPSA) is 49.4 Å². The summed E-state index contributed by atoms with van der Waals surface area (Å²) in [5.74, 6) is 0.295. The number of amides is 2. The van der Waals surface area contributed by atoms with E-state index >= 15 is 0 Å². The van der Waals surface area contributed by atoms with Crippen molar-refractivity contribution in [2.75, 3.05) is 16.8 Å². The Morgan fingerprint density at radius 1 is 1.00 bits per heavy atom. The number of carbonyl (C=O) groups is 2. The molecule has 0 bridgehead atoms. The second-order valence-electron chi connectivity index (χ2n) is 7.09. The average molecular weight is 352 g/mol. The highest BCUT2D eigenvalue weighted by molar-refractivity contribution is 5.94. The first kappa shape index (κ1) is 19.7. The molecule has 0 aromatic heterocycles. The smallest absolute Gasteiger partial charge is 0.226 e. The Morgan fingerprint density at radius 3 is 2.08 bits per heavy atom. The summed E-state index contributed by atoms with van der Waals surface area (Å²) in [6, 6.07) is 13.9. The average Bonchev–Trinajstić information content (AvgIpc) is 2.54. The first-order chi connectivity index (χ1) is 12.3. The summed E-state index contributed by atoms with van der Waals surface area (Å²) in [5, 5.41) is 2.90. The molecular weight excluding hydrogens is 324 g/mol. The van der Waals surface area contributed by atoms with Crippen molar-refractivity contribution < 1.29 is 9.59 Å². The highest BCUT2D eigenvalue weighted by Gasteiger charge is 2.14. The van der Waals surface area contributed by atoms with Crippen LogP contribution in [0.4, 0.5) is 11.4 Å². The third kappa shape index (κ3) is 5.45. The van der Waals surface area contributed by atoms with Crippen LogP contribution in [0.5, 0.6) is 0 Å². The minimum atomic E-state index is -0.0991. The largest absolute Gasteiger partial charge is 0.326 e. The Morgan fingerprint density at radius 2 is 1.58 bits per heavy atom. The molecule has 0 atom stereocenters. The number of hydrogen-bond acceptors (Lipinski definition) is 2. The van der Waals surface area contributed by atoms with Gasteiger partial charge in [-0.05, 0) is 60.7 Å². The highest BCUT2D eigenvalue weighted by atomic mass is 16.2. The highest BCUT2D eigenvalue weighted by Crippen LogP contribution is 2.20. The van der Waals surface area contributed by atoms with E-state index in [-0.39, 0.29) is 18.2 Å². The van der Waals surface area contributed by atoms with Crippen molar-refractivity contribution in [3.8, 4) is 0 Å². The van der Waals surface area contributed by atoms with Crippen LogP contribution >= 0.6 is 0 Å². The lowest BCUT2D eigenvalue weighted by atomic mass is 10.0. The van der Waals surface area contributed by atoms with Crippen LogP contribution < -0.4 is 10.2 Å². The van der Waals surface area contributed by atoms with E-state index in [2.05, 4.69) is 25.2 Å². The van der Waals surface area contributed by atoms with E-state index < -0.39 is 0 Å². The molecule has 4 heteroatoms. The Bertz CT molecular complexity index is 759. The molecular formula is C22H28N2O2. The summed E-state index contributed by atoms with van der Waals surface area (Å²) in [5.41, 5.74) is 5.05. The van der Waals surface area contributed by atoms with Crippen LogP contribution in [0.1, 0.15) is 49.8 Å². The molecule has 0 aliphatic carbocycles. The monoisotopic (exact) mass is 352 g/mol. The molecule has 1 N–H and O–H groups in total. The molecule has 0 heterocycles. The van der Waals surface area contributed by atoms with Gasteiger partial charge in [-0.3, -0.25) is 9.59 Å². The van der Waals surface area contributed by atoms with Gasteiger partial charge in [0.25, 0.3) is 0 Å². The molecule has 26 heavy (non-hydrogen) atoms. The van der Waals surface area contributed by atoms with Gasteiger partial charge in [0.2, 0.25) is 11.8 Å². The van der Waals surface area contributed by atoms with Gasteiger partial charge in [-0.15, -0.1) is 0 Å². The van der Waals surface area contributed by atoms with Gasteiger partial charge in [0, 0.05) is 31.3 Å². The minimum Gasteiger partial charge on any atom is -0.326 e. The zero-order valence-corrected chi connectivity index (χ0v) is 16.3. The maximum absolute atomic E-state index is 12.3. The molecule has 2 aromatic rings. The van der Waals surface area contributed by atoms with Gasteiger partial charge >= 0.3 is 0 Å².